The molecule has 0 unspecified atom stereocenters. The minimum Gasteiger partial charge on any atom is -0.368 e. The van der Waals surface area contributed by atoms with Crippen molar-refractivity contribution in [3.63, 3.8) is 0 Å². The fraction of sp³-hybridized carbons (Fsp3) is 0.222. The summed E-state index contributed by atoms with van der Waals surface area (Å²) in [4.78, 5) is 21.4. The Balaban J connectivity index is 1.19. The van der Waals surface area contributed by atoms with E-state index in [0.717, 1.165) is 41.2 Å². The van der Waals surface area contributed by atoms with Gasteiger partial charge < -0.3 is 19.6 Å². The van der Waals surface area contributed by atoms with Crippen LogP contribution in [0, 0.1) is 13.8 Å². The lowest BCUT2D eigenvalue weighted by Crippen LogP contribution is -2.50. The molecule has 7 nitrogen and oxygen atoms in total. The Bertz CT molecular complexity index is 1270. The van der Waals surface area contributed by atoms with Crippen LogP contribution < -0.4 is 10.2 Å². The van der Waals surface area contributed by atoms with Gasteiger partial charge in [-0.3, -0.25) is 0 Å². The molecule has 7 heteroatoms. The van der Waals surface area contributed by atoms with E-state index in [-0.39, 0.29) is 6.03 Å². The number of nitrogens with zero attached hydrogens (tertiary/aromatic N) is 4. The molecule has 1 fully saturated rings. The van der Waals surface area contributed by atoms with Crippen molar-refractivity contribution in [1.82, 2.24) is 15.0 Å². The highest BCUT2D eigenvalue weighted by Crippen LogP contribution is 2.25. The van der Waals surface area contributed by atoms with E-state index in [1.165, 1.54) is 5.56 Å². The fourth-order valence-corrected chi connectivity index (χ4v) is 4.05. The molecular weight excluding hydrogens is 426 g/mol. The highest BCUT2D eigenvalue weighted by atomic mass is 16.5. The van der Waals surface area contributed by atoms with Crippen molar-refractivity contribution in [2.45, 2.75) is 13.8 Å². The smallest absolute Gasteiger partial charge is 0.321 e. The molecular formula is C27H27N5O2. The van der Waals surface area contributed by atoms with Gasteiger partial charge in [0.1, 0.15) is 0 Å². The van der Waals surface area contributed by atoms with Gasteiger partial charge in [-0.15, -0.1) is 0 Å². The van der Waals surface area contributed by atoms with Gasteiger partial charge >= 0.3 is 6.03 Å². The zero-order chi connectivity index (χ0) is 23.5. The van der Waals surface area contributed by atoms with E-state index in [1.54, 1.807) is 0 Å². The van der Waals surface area contributed by atoms with Gasteiger partial charge in [0.2, 0.25) is 5.82 Å². The number of carbonyl (C=O) groups is 1. The molecule has 5 rings (SSSR count). The predicted octanol–water partition coefficient (Wildman–Crippen LogP) is 5.37. The average Bonchev–Trinajstić information content (AvgIpc) is 3.36. The second-order valence-electron chi connectivity index (χ2n) is 8.56. The molecule has 0 aliphatic carbocycles. The van der Waals surface area contributed by atoms with Crippen molar-refractivity contribution in [1.29, 1.82) is 0 Å². The second-order valence-corrected chi connectivity index (χ2v) is 8.56. The first kappa shape index (κ1) is 21.7. The number of rotatable bonds is 4. The summed E-state index contributed by atoms with van der Waals surface area (Å²) in [6.45, 7) is 6.94. The summed E-state index contributed by atoms with van der Waals surface area (Å²) in [6, 6.07) is 24.0. The van der Waals surface area contributed by atoms with E-state index in [2.05, 4.69) is 32.5 Å². The van der Waals surface area contributed by atoms with E-state index in [0.29, 0.717) is 24.8 Å². The molecule has 0 saturated carbocycles. The largest absolute Gasteiger partial charge is 0.368 e. The van der Waals surface area contributed by atoms with Crippen LogP contribution in [0.5, 0.6) is 0 Å². The lowest BCUT2D eigenvalue weighted by atomic mass is 10.1. The number of urea groups is 1. The van der Waals surface area contributed by atoms with Crippen molar-refractivity contribution in [2.75, 3.05) is 36.4 Å². The van der Waals surface area contributed by atoms with Gasteiger partial charge in [0.25, 0.3) is 5.89 Å². The summed E-state index contributed by atoms with van der Waals surface area (Å²) >= 11 is 0. The van der Waals surface area contributed by atoms with Crippen molar-refractivity contribution >= 4 is 17.4 Å². The third-order valence-corrected chi connectivity index (χ3v) is 6.17. The predicted molar refractivity (Wildman–Crippen MR) is 134 cm³/mol. The minimum atomic E-state index is -0.0502. The van der Waals surface area contributed by atoms with Crippen LogP contribution in [0.15, 0.2) is 77.3 Å². The van der Waals surface area contributed by atoms with Crippen LogP contribution in [-0.2, 0) is 0 Å². The van der Waals surface area contributed by atoms with E-state index < -0.39 is 0 Å². The number of hydrogen-bond acceptors (Lipinski definition) is 5. The lowest BCUT2D eigenvalue weighted by Gasteiger charge is -2.36. The molecule has 0 radical (unpaired) electrons. The van der Waals surface area contributed by atoms with E-state index >= 15 is 0 Å². The Kier molecular flexibility index (Phi) is 5.99. The molecule has 34 heavy (non-hydrogen) atoms. The lowest BCUT2D eigenvalue weighted by molar-refractivity contribution is 0.208. The molecule has 1 aliphatic rings. The monoisotopic (exact) mass is 453 g/mol. The van der Waals surface area contributed by atoms with E-state index in [4.69, 9.17) is 4.52 Å². The van der Waals surface area contributed by atoms with Gasteiger partial charge in [-0.25, -0.2) is 4.79 Å². The van der Waals surface area contributed by atoms with Crippen LogP contribution in [0.4, 0.5) is 16.2 Å². The summed E-state index contributed by atoms with van der Waals surface area (Å²) in [5.41, 5.74) is 6.03. The topological polar surface area (TPSA) is 74.5 Å². The highest BCUT2D eigenvalue weighted by molar-refractivity contribution is 5.90. The Morgan fingerprint density at radius 1 is 0.853 bits per heavy atom. The highest BCUT2D eigenvalue weighted by Gasteiger charge is 2.22. The molecule has 1 aromatic heterocycles. The third-order valence-electron chi connectivity index (χ3n) is 6.17. The molecule has 1 N–H and O–H groups in total. The molecule has 172 valence electrons. The van der Waals surface area contributed by atoms with Crippen molar-refractivity contribution in [2.24, 2.45) is 0 Å². The zero-order valence-corrected chi connectivity index (χ0v) is 19.4. The SMILES string of the molecule is Cc1ccc(-c2nc(-c3ccc(N4CCN(C(=O)Nc5ccccc5C)CC4)cc3)no2)cc1. The Morgan fingerprint density at radius 2 is 1.53 bits per heavy atom. The molecule has 2 amide bonds. The Labute approximate surface area is 199 Å². The zero-order valence-electron chi connectivity index (χ0n) is 19.4. The molecule has 0 spiro atoms. The first-order valence-corrected chi connectivity index (χ1v) is 11.4. The van der Waals surface area contributed by atoms with Crippen molar-refractivity contribution < 1.29 is 9.32 Å². The van der Waals surface area contributed by atoms with Crippen LogP contribution in [0.1, 0.15) is 11.1 Å². The van der Waals surface area contributed by atoms with Crippen LogP contribution in [-0.4, -0.2) is 47.3 Å². The molecule has 2 heterocycles. The van der Waals surface area contributed by atoms with Gasteiger partial charge in [-0.05, 0) is 61.9 Å². The molecule has 4 aromatic rings. The summed E-state index contributed by atoms with van der Waals surface area (Å²) in [7, 11) is 0. The molecule has 1 aliphatic heterocycles. The van der Waals surface area contributed by atoms with Crippen LogP contribution in [0.2, 0.25) is 0 Å². The number of aromatic nitrogens is 2. The number of benzene rings is 3. The van der Waals surface area contributed by atoms with Gasteiger partial charge in [-0.2, -0.15) is 4.98 Å². The first-order chi connectivity index (χ1) is 16.6. The number of aryl methyl sites for hydroxylation is 2. The maximum atomic E-state index is 12.7. The molecule has 1 saturated heterocycles. The van der Waals surface area contributed by atoms with Crippen LogP contribution in [0.25, 0.3) is 22.8 Å². The van der Waals surface area contributed by atoms with Gasteiger partial charge in [-0.1, -0.05) is 41.1 Å². The average molecular weight is 454 g/mol. The second kappa shape index (κ2) is 9.39. The first-order valence-electron chi connectivity index (χ1n) is 11.4. The van der Waals surface area contributed by atoms with Crippen LogP contribution in [0.3, 0.4) is 0 Å². The number of piperazine rings is 1. The van der Waals surface area contributed by atoms with Crippen molar-refractivity contribution in [3.8, 4) is 22.8 Å². The maximum absolute atomic E-state index is 12.7. The summed E-state index contributed by atoms with van der Waals surface area (Å²) < 4.78 is 5.46. The summed E-state index contributed by atoms with van der Waals surface area (Å²) in [5.74, 6) is 1.08. The molecule has 3 aromatic carbocycles. The molecule has 0 atom stereocenters. The normalized spacial score (nSPS) is 13.7. The minimum absolute atomic E-state index is 0.0502. The van der Waals surface area contributed by atoms with Gasteiger partial charge in [0.05, 0.1) is 0 Å². The third kappa shape index (κ3) is 4.64. The molecule has 0 bridgehead atoms. The number of hydrogen-bond donors (Lipinski definition) is 1. The van der Waals surface area contributed by atoms with Crippen LogP contribution >= 0.6 is 0 Å². The van der Waals surface area contributed by atoms with Gasteiger partial charge in [0.15, 0.2) is 0 Å². The number of para-hydroxylation sites is 1. The Hall–Kier alpha value is -4.13. The Morgan fingerprint density at radius 3 is 2.24 bits per heavy atom. The quantitative estimate of drug-likeness (QED) is 0.449. The number of carbonyl (C=O) groups excluding carboxylic acids is 1. The number of nitrogens with one attached hydrogen (secondary N) is 1. The number of anilines is 2. The maximum Gasteiger partial charge on any atom is 0.321 e. The van der Waals surface area contributed by atoms with E-state index in [9.17, 15) is 4.79 Å². The van der Waals surface area contributed by atoms with Gasteiger partial charge in [0, 0.05) is 48.7 Å². The van der Waals surface area contributed by atoms with E-state index in [1.807, 2.05) is 79.4 Å². The van der Waals surface area contributed by atoms with Crippen molar-refractivity contribution in [3.05, 3.63) is 83.9 Å². The fourth-order valence-electron chi connectivity index (χ4n) is 4.05. The standard InChI is InChI=1S/C27H27N5O2/c1-19-7-9-22(10-8-19)26-29-25(30-34-26)21-11-13-23(14-12-21)31-15-17-32(18-16-31)27(33)28-24-6-4-3-5-20(24)2/h3-14H,15-18H2,1-2H3,(H,28,33). The summed E-state index contributed by atoms with van der Waals surface area (Å²) in [5, 5.41) is 7.17. The number of amides is 2. The summed E-state index contributed by atoms with van der Waals surface area (Å²) in [6.07, 6.45) is 0.